The number of nitrogens with one attached hydrogen (secondary N) is 4. The van der Waals surface area contributed by atoms with Crippen LogP contribution in [-0.2, 0) is 20.8 Å². The zero-order chi connectivity index (χ0) is 21.2. The molecule has 0 unspecified atom stereocenters. The number of carbonyl (C=O) groups excluding carboxylic acids is 3. The van der Waals surface area contributed by atoms with Gasteiger partial charge in [-0.05, 0) is 55.4 Å². The molecule has 8 heteroatoms. The molecule has 0 aromatic carbocycles. The first kappa shape index (κ1) is 22.8. The lowest BCUT2D eigenvalue weighted by Crippen LogP contribution is -2.52. The first-order chi connectivity index (χ1) is 14.0. The minimum atomic E-state index is -0.724. The van der Waals surface area contributed by atoms with Crippen LogP contribution in [0, 0.1) is 5.92 Å². The molecule has 1 aliphatic rings. The van der Waals surface area contributed by atoms with Crippen molar-refractivity contribution in [2.24, 2.45) is 5.92 Å². The van der Waals surface area contributed by atoms with Crippen LogP contribution in [0.25, 0.3) is 12.2 Å². The Hall–Kier alpha value is -2.45. The quantitative estimate of drug-likeness (QED) is 0.458. The molecule has 29 heavy (non-hydrogen) atoms. The number of carbonyl (C=O) groups is 3. The van der Waals surface area contributed by atoms with Crippen molar-refractivity contribution in [3.8, 4) is 0 Å². The normalized spacial score (nSPS) is 15.7. The highest BCUT2D eigenvalue weighted by Crippen LogP contribution is 2.26. The molecule has 1 aromatic heterocycles. The van der Waals surface area contributed by atoms with Crippen molar-refractivity contribution in [1.29, 1.82) is 0 Å². The van der Waals surface area contributed by atoms with Crippen molar-refractivity contribution in [2.75, 3.05) is 19.8 Å². The van der Waals surface area contributed by atoms with Crippen LogP contribution in [0.4, 0.5) is 0 Å². The Morgan fingerprint density at radius 1 is 1.31 bits per heavy atom. The molecule has 1 atom stereocenters. The molecule has 4 N–H and O–H groups in total. The molecule has 1 aliphatic heterocycles. The molecule has 1 saturated heterocycles. The molecule has 0 saturated carbocycles. The summed E-state index contributed by atoms with van der Waals surface area (Å²) in [6.45, 7) is 8.85. The topological polar surface area (TPSA) is 99.3 Å². The van der Waals surface area contributed by atoms with E-state index in [0.29, 0.717) is 6.42 Å². The van der Waals surface area contributed by atoms with Crippen molar-refractivity contribution in [3.63, 3.8) is 0 Å². The minimum Gasteiger partial charge on any atom is -0.344 e. The molecular weight excluding hydrogens is 388 g/mol. The molecule has 0 spiro atoms. The van der Waals surface area contributed by atoms with E-state index < -0.39 is 6.04 Å². The van der Waals surface area contributed by atoms with E-state index in [1.54, 1.807) is 17.4 Å². The van der Waals surface area contributed by atoms with Crippen molar-refractivity contribution in [2.45, 2.75) is 39.2 Å². The number of hydrogen-bond acceptors (Lipinski definition) is 5. The Morgan fingerprint density at radius 2 is 2.03 bits per heavy atom. The molecule has 1 fully saturated rings. The van der Waals surface area contributed by atoms with Gasteiger partial charge in [-0.1, -0.05) is 18.7 Å². The zero-order valence-corrected chi connectivity index (χ0v) is 17.9. The summed E-state index contributed by atoms with van der Waals surface area (Å²) in [6, 6.07) is -0.724. The molecule has 0 radical (unpaired) electrons. The molecule has 3 amide bonds. The van der Waals surface area contributed by atoms with Crippen molar-refractivity contribution in [3.05, 3.63) is 34.0 Å². The van der Waals surface area contributed by atoms with Crippen molar-refractivity contribution >= 4 is 41.2 Å². The monoisotopic (exact) mass is 418 g/mol. The summed E-state index contributed by atoms with van der Waals surface area (Å²) >= 11 is 1.58. The van der Waals surface area contributed by atoms with E-state index in [4.69, 9.17) is 0 Å². The second-order valence-corrected chi connectivity index (χ2v) is 7.89. The lowest BCUT2D eigenvalue weighted by molar-refractivity contribution is -0.131. The summed E-state index contributed by atoms with van der Waals surface area (Å²) < 4.78 is 0. The van der Waals surface area contributed by atoms with E-state index in [2.05, 4.69) is 27.8 Å². The van der Waals surface area contributed by atoms with Gasteiger partial charge in [0, 0.05) is 24.1 Å². The van der Waals surface area contributed by atoms with Gasteiger partial charge in [-0.2, -0.15) is 0 Å². The highest BCUT2D eigenvalue weighted by molar-refractivity contribution is 7.11. The fourth-order valence-electron chi connectivity index (χ4n) is 3.27. The molecule has 2 heterocycles. The summed E-state index contributed by atoms with van der Waals surface area (Å²) in [7, 11) is 0. The van der Waals surface area contributed by atoms with Crippen LogP contribution in [0.1, 0.15) is 42.7 Å². The summed E-state index contributed by atoms with van der Waals surface area (Å²) in [5, 5.41) is 13.4. The fourth-order valence-corrected chi connectivity index (χ4v) is 4.32. The largest absolute Gasteiger partial charge is 0.344 e. The Bertz CT molecular complexity index is 766. The SMILES string of the molecule is C=Cc1c(C[C@@H](NC(=O)C2CCNCC2)C(=O)NCNC(C)=O)csc1/C=C\C. The Labute approximate surface area is 176 Å². The van der Waals surface area contributed by atoms with E-state index >= 15 is 0 Å². The van der Waals surface area contributed by atoms with Crippen LogP contribution >= 0.6 is 11.3 Å². The number of amides is 3. The number of hydrogen-bond donors (Lipinski definition) is 4. The second-order valence-electron chi connectivity index (χ2n) is 6.98. The van der Waals surface area contributed by atoms with Gasteiger partial charge < -0.3 is 21.3 Å². The summed E-state index contributed by atoms with van der Waals surface area (Å²) in [5.41, 5.74) is 1.94. The maximum absolute atomic E-state index is 12.8. The lowest BCUT2D eigenvalue weighted by Gasteiger charge is -2.25. The average molecular weight is 419 g/mol. The fraction of sp³-hybridized carbons (Fsp3) is 0.476. The maximum Gasteiger partial charge on any atom is 0.244 e. The van der Waals surface area contributed by atoms with Crippen LogP contribution in [0.5, 0.6) is 0 Å². The van der Waals surface area contributed by atoms with Gasteiger partial charge in [-0.3, -0.25) is 14.4 Å². The average Bonchev–Trinajstić information content (AvgIpc) is 3.09. The van der Waals surface area contributed by atoms with Crippen LogP contribution < -0.4 is 21.3 Å². The molecule has 158 valence electrons. The number of thiophene rings is 1. The highest BCUT2D eigenvalue weighted by atomic mass is 32.1. The van der Waals surface area contributed by atoms with Gasteiger partial charge in [0.15, 0.2) is 0 Å². The number of rotatable bonds is 9. The third-order valence-corrected chi connectivity index (χ3v) is 5.84. The van der Waals surface area contributed by atoms with Crippen LogP contribution in [-0.4, -0.2) is 43.5 Å². The van der Waals surface area contributed by atoms with Gasteiger partial charge >= 0.3 is 0 Å². The van der Waals surface area contributed by atoms with Crippen molar-refractivity contribution < 1.29 is 14.4 Å². The molecule has 7 nitrogen and oxygen atoms in total. The Kier molecular flexibility index (Phi) is 9.08. The Morgan fingerprint density at radius 3 is 2.66 bits per heavy atom. The van der Waals surface area contributed by atoms with E-state index in [-0.39, 0.29) is 30.3 Å². The molecule has 0 bridgehead atoms. The maximum atomic E-state index is 12.8. The third kappa shape index (κ3) is 6.83. The van der Waals surface area contributed by atoms with Gasteiger partial charge in [0.2, 0.25) is 17.7 Å². The predicted molar refractivity (Wildman–Crippen MR) is 117 cm³/mol. The minimum absolute atomic E-state index is 0.0235. The van der Waals surface area contributed by atoms with Gasteiger partial charge in [-0.15, -0.1) is 11.3 Å². The van der Waals surface area contributed by atoms with Crippen LogP contribution in [0.3, 0.4) is 0 Å². The lowest BCUT2D eigenvalue weighted by atomic mass is 9.96. The molecule has 0 aliphatic carbocycles. The van der Waals surface area contributed by atoms with Crippen LogP contribution in [0.2, 0.25) is 0 Å². The van der Waals surface area contributed by atoms with Crippen molar-refractivity contribution in [1.82, 2.24) is 21.3 Å². The smallest absolute Gasteiger partial charge is 0.244 e. The van der Waals surface area contributed by atoms with E-state index in [9.17, 15) is 14.4 Å². The summed E-state index contributed by atoms with van der Waals surface area (Å²) in [5.74, 6) is -0.754. The standard InChI is InChI=1S/C21H30N4O3S/c1-4-6-19-17(5-2)16(12-29-19)11-18(21(28)24-13-23-14(3)26)25-20(27)15-7-9-22-10-8-15/h4-6,12,15,18,22H,2,7-11,13H2,1,3H3,(H,23,26)(H,24,28)(H,25,27)/b6-4-/t18-/m1/s1. The van der Waals surface area contributed by atoms with Gasteiger partial charge in [0.05, 0.1) is 6.67 Å². The van der Waals surface area contributed by atoms with Gasteiger partial charge in [0.1, 0.15) is 6.04 Å². The Balaban J connectivity index is 2.14. The molecule has 1 aromatic rings. The van der Waals surface area contributed by atoms with Gasteiger partial charge in [0.25, 0.3) is 0 Å². The molecular formula is C21H30N4O3S. The van der Waals surface area contributed by atoms with Gasteiger partial charge in [-0.25, -0.2) is 0 Å². The first-order valence-corrected chi connectivity index (χ1v) is 10.7. The predicted octanol–water partition coefficient (Wildman–Crippen LogP) is 1.66. The van der Waals surface area contributed by atoms with Crippen LogP contribution in [0.15, 0.2) is 18.0 Å². The number of piperidine rings is 1. The summed E-state index contributed by atoms with van der Waals surface area (Å²) in [4.78, 5) is 37.6. The summed E-state index contributed by atoms with van der Waals surface area (Å²) in [6.07, 6.45) is 7.62. The van der Waals surface area contributed by atoms with E-state index in [0.717, 1.165) is 41.9 Å². The third-order valence-electron chi connectivity index (χ3n) is 4.83. The van der Waals surface area contributed by atoms with E-state index in [1.165, 1.54) is 6.92 Å². The second kappa shape index (κ2) is 11.5. The number of allylic oxidation sites excluding steroid dienone is 1. The highest BCUT2D eigenvalue weighted by Gasteiger charge is 2.27. The molecule has 2 rings (SSSR count). The first-order valence-electron chi connectivity index (χ1n) is 9.85. The van der Waals surface area contributed by atoms with E-state index in [1.807, 2.05) is 24.5 Å². The zero-order valence-electron chi connectivity index (χ0n) is 17.0.